The van der Waals surface area contributed by atoms with Gasteiger partial charge in [-0.25, -0.2) is 4.98 Å². The van der Waals surface area contributed by atoms with Gasteiger partial charge < -0.3 is 9.64 Å². The molecule has 1 saturated heterocycles. The lowest BCUT2D eigenvalue weighted by Gasteiger charge is -2.27. The molecule has 72 valence electrons. The normalized spacial score (nSPS) is 16.4. The zero-order valence-corrected chi connectivity index (χ0v) is 7.94. The van der Waals surface area contributed by atoms with Crippen molar-refractivity contribution in [3.05, 3.63) is 23.9 Å². The van der Waals surface area contributed by atoms with Gasteiger partial charge in [-0.3, -0.25) is 0 Å². The summed E-state index contributed by atoms with van der Waals surface area (Å²) in [5.41, 5.74) is 0.876. The number of ether oxygens (including phenoxy) is 1. The maximum atomic E-state index is 5.33. The molecule has 3 heteroatoms. The first-order valence-electron chi connectivity index (χ1n) is 4.65. The van der Waals surface area contributed by atoms with Crippen molar-refractivity contribution in [1.82, 2.24) is 4.98 Å². The maximum absolute atomic E-state index is 5.33. The molecule has 0 aliphatic carbocycles. The number of aromatic nitrogens is 1. The molecule has 0 aromatic carbocycles. The van der Waals surface area contributed by atoms with Gasteiger partial charge in [0.05, 0.1) is 13.2 Å². The average molecular weight is 188 g/mol. The Bertz CT molecular complexity index is 351. The minimum Gasteiger partial charge on any atom is -0.378 e. The first-order valence-corrected chi connectivity index (χ1v) is 4.65. The molecule has 1 aliphatic rings. The molecule has 2 heterocycles. The van der Waals surface area contributed by atoms with E-state index in [-0.39, 0.29) is 0 Å². The van der Waals surface area contributed by atoms with Crippen molar-refractivity contribution in [3.8, 4) is 12.3 Å². The van der Waals surface area contributed by atoms with Gasteiger partial charge in [0.25, 0.3) is 0 Å². The molecule has 0 spiro atoms. The van der Waals surface area contributed by atoms with E-state index in [4.69, 9.17) is 11.2 Å². The molecule has 0 amide bonds. The summed E-state index contributed by atoms with van der Waals surface area (Å²) >= 11 is 0. The van der Waals surface area contributed by atoms with E-state index in [2.05, 4.69) is 15.8 Å². The van der Waals surface area contributed by atoms with Crippen LogP contribution in [0.4, 0.5) is 5.82 Å². The number of pyridine rings is 1. The summed E-state index contributed by atoms with van der Waals surface area (Å²) < 4.78 is 5.27. The van der Waals surface area contributed by atoms with Crippen LogP contribution in [0.3, 0.4) is 0 Å². The quantitative estimate of drug-likeness (QED) is 0.612. The largest absolute Gasteiger partial charge is 0.378 e. The van der Waals surface area contributed by atoms with E-state index in [0.717, 1.165) is 37.7 Å². The topological polar surface area (TPSA) is 25.4 Å². The van der Waals surface area contributed by atoms with Crippen molar-refractivity contribution in [2.24, 2.45) is 0 Å². The lowest BCUT2D eigenvalue weighted by atomic mass is 10.2. The number of hydrogen-bond acceptors (Lipinski definition) is 3. The van der Waals surface area contributed by atoms with Gasteiger partial charge >= 0.3 is 0 Å². The van der Waals surface area contributed by atoms with Crippen LogP contribution in [-0.2, 0) is 4.74 Å². The predicted molar refractivity (Wildman–Crippen MR) is 55.2 cm³/mol. The highest BCUT2D eigenvalue weighted by atomic mass is 16.5. The van der Waals surface area contributed by atoms with Crippen LogP contribution in [0, 0.1) is 12.3 Å². The van der Waals surface area contributed by atoms with Gasteiger partial charge in [-0.05, 0) is 12.1 Å². The number of morpholine rings is 1. The zero-order valence-electron chi connectivity index (χ0n) is 7.94. The lowest BCUT2D eigenvalue weighted by molar-refractivity contribution is 0.122. The van der Waals surface area contributed by atoms with Gasteiger partial charge in [0, 0.05) is 24.8 Å². The van der Waals surface area contributed by atoms with Gasteiger partial charge in [0.2, 0.25) is 0 Å². The number of anilines is 1. The second kappa shape index (κ2) is 4.12. The summed E-state index contributed by atoms with van der Waals surface area (Å²) in [6.07, 6.45) is 7.08. The van der Waals surface area contributed by atoms with Crippen LogP contribution in [-0.4, -0.2) is 31.3 Å². The van der Waals surface area contributed by atoms with Crippen molar-refractivity contribution in [2.75, 3.05) is 31.2 Å². The number of hydrogen-bond donors (Lipinski definition) is 0. The Kier molecular flexibility index (Phi) is 2.66. The summed E-state index contributed by atoms with van der Waals surface area (Å²) in [6, 6.07) is 3.77. The van der Waals surface area contributed by atoms with Crippen molar-refractivity contribution in [3.63, 3.8) is 0 Å². The van der Waals surface area contributed by atoms with Crippen LogP contribution >= 0.6 is 0 Å². The van der Waals surface area contributed by atoms with E-state index in [0.29, 0.717) is 0 Å². The minimum atomic E-state index is 0.766. The second-order valence-electron chi connectivity index (χ2n) is 3.15. The summed E-state index contributed by atoms with van der Waals surface area (Å²) in [7, 11) is 0. The second-order valence-corrected chi connectivity index (χ2v) is 3.15. The molecule has 3 nitrogen and oxygen atoms in total. The van der Waals surface area contributed by atoms with Crippen LogP contribution in [0.25, 0.3) is 0 Å². The Labute approximate surface area is 83.7 Å². The van der Waals surface area contributed by atoms with Crippen molar-refractivity contribution >= 4 is 5.82 Å². The first-order chi connectivity index (χ1) is 6.90. The van der Waals surface area contributed by atoms with Gasteiger partial charge in [-0.2, -0.15) is 0 Å². The fourth-order valence-electron chi connectivity index (χ4n) is 1.47. The summed E-state index contributed by atoms with van der Waals surface area (Å²) in [4.78, 5) is 6.47. The van der Waals surface area contributed by atoms with Gasteiger partial charge in [0.1, 0.15) is 5.82 Å². The fourth-order valence-corrected chi connectivity index (χ4v) is 1.47. The van der Waals surface area contributed by atoms with Crippen LogP contribution < -0.4 is 4.90 Å². The van der Waals surface area contributed by atoms with E-state index in [1.807, 2.05) is 12.1 Å². The Morgan fingerprint density at radius 1 is 1.43 bits per heavy atom. The first kappa shape index (κ1) is 9.04. The summed E-state index contributed by atoms with van der Waals surface area (Å²) in [5.74, 6) is 3.56. The number of nitrogens with zero attached hydrogens (tertiary/aromatic N) is 2. The molecule has 14 heavy (non-hydrogen) atoms. The standard InChI is InChI=1S/C11H12N2O/c1-2-10-3-4-12-11(9-10)13-5-7-14-8-6-13/h1,3-4,9H,5-8H2. The summed E-state index contributed by atoms with van der Waals surface area (Å²) in [5, 5.41) is 0. The Morgan fingerprint density at radius 3 is 2.93 bits per heavy atom. The van der Waals surface area contributed by atoms with E-state index < -0.39 is 0 Å². The molecular weight excluding hydrogens is 176 g/mol. The molecule has 0 saturated carbocycles. The van der Waals surface area contributed by atoms with Crippen molar-refractivity contribution in [2.45, 2.75) is 0 Å². The molecule has 1 fully saturated rings. The zero-order chi connectivity index (χ0) is 9.80. The Balaban J connectivity index is 2.18. The third-order valence-electron chi connectivity index (χ3n) is 2.25. The smallest absolute Gasteiger partial charge is 0.129 e. The SMILES string of the molecule is C#Cc1ccnc(N2CCOCC2)c1. The monoisotopic (exact) mass is 188 g/mol. The predicted octanol–water partition coefficient (Wildman–Crippen LogP) is 0.899. The van der Waals surface area contributed by atoms with E-state index in [1.165, 1.54) is 0 Å². The molecule has 0 atom stereocenters. The van der Waals surface area contributed by atoms with E-state index in [9.17, 15) is 0 Å². The van der Waals surface area contributed by atoms with Crippen LogP contribution in [0.1, 0.15) is 5.56 Å². The highest BCUT2D eigenvalue weighted by Gasteiger charge is 2.11. The van der Waals surface area contributed by atoms with Gasteiger partial charge in [-0.1, -0.05) is 5.92 Å². The molecule has 0 unspecified atom stereocenters. The van der Waals surface area contributed by atoms with E-state index >= 15 is 0 Å². The molecular formula is C11H12N2O. The van der Waals surface area contributed by atoms with Crippen molar-refractivity contribution in [1.29, 1.82) is 0 Å². The molecule has 0 bridgehead atoms. The molecule has 2 rings (SSSR count). The van der Waals surface area contributed by atoms with Crippen LogP contribution in [0.2, 0.25) is 0 Å². The van der Waals surface area contributed by atoms with Crippen LogP contribution in [0.15, 0.2) is 18.3 Å². The van der Waals surface area contributed by atoms with E-state index in [1.54, 1.807) is 6.20 Å². The van der Waals surface area contributed by atoms with Gasteiger partial charge in [0.15, 0.2) is 0 Å². The lowest BCUT2D eigenvalue weighted by Crippen LogP contribution is -2.36. The Morgan fingerprint density at radius 2 is 2.21 bits per heavy atom. The Hall–Kier alpha value is -1.53. The molecule has 0 N–H and O–H groups in total. The fraction of sp³-hybridized carbons (Fsp3) is 0.364. The van der Waals surface area contributed by atoms with Crippen LogP contribution in [0.5, 0.6) is 0 Å². The third-order valence-corrected chi connectivity index (χ3v) is 2.25. The summed E-state index contributed by atoms with van der Waals surface area (Å²) in [6.45, 7) is 3.31. The maximum Gasteiger partial charge on any atom is 0.129 e. The number of terminal acetylenes is 1. The molecule has 0 radical (unpaired) electrons. The molecule has 1 aromatic heterocycles. The average Bonchev–Trinajstić information content (AvgIpc) is 2.30. The highest BCUT2D eigenvalue weighted by molar-refractivity contribution is 5.46. The highest BCUT2D eigenvalue weighted by Crippen LogP contribution is 2.13. The van der Waals surface area contributed by atoms with Crippen molar-refractivity contribution < 1.29 is 4.74 Å². The third kappa shape index (κ3) is 1.86. The molecule has 1 aliphatic heterocycles. The minimum absolute atomic E-state index is 0.766. The molecule has 1 aromatic rings. The van der Waals surface area contributed by atoms with Gasteiger partial charge in [-0.15, -0.1) is 6.42 Å². The number of rotatable bonds is 1.